The number of nitriles is 1. The van der Waals surface area contributed by atoms with Crippen molar-refractivity contribution >= 4 is 33.8 Å². The summed E-state index contributed by atoms with van der Waals surface area (Å²) in [6, 6.07) is 8.27. The van der Waals surface area contributed by atoms with Crippen LogP contribution in [-0.4, -0.2) is 15.0 Å². The van der Waals surface area contributed by atoms with Gasteiger partial charge in [-0.3, -0.25) is 0 Å². The summed E-state index contributed by atoms with van der Waals surface area (Å²) >= 11 is 2.14. The first-order valence-corrected chi connectivity index (χ1v) is 6.47. The van der Waals surface area contributed by atoms with E-state index >= 15 is 0 Å². The average molecular weight is 364 g/mol. The quantitative estimate of drug-likeness (QED) is 0.675. The zero-order valence-corrected chi connectivity index (χ0v) is 11.6. The van der Waals surface area contributed by atoms with Crippen molar-refractivity contribution in [2.24, 2.45) is 0 Å². The van der Waals surface area contributed by atoms with Gasteiger partial charge in [0.2, 0.25) is 0 Å². The summed E-state index contributed by atoms with van der Waals surface area (Å²) in [6.07, 6.45) is 1.55. The number of imidazole rings is 1. The van der Waals surface area contributed by atoms with E-state index in [1.165, 1.54) is 6.07 Å². The van der Waals surface area contributed by atoms with Gasteiger partial charge >= 0.3 is 0 Å². The second-order valence-corrected chi connectivity index (χ2v) is 5.03. The lowest BCUT2D eigenvalue weighted by Gasteiger charge is -2.04. The molecule has 0 amide bonds. The van der Waals surface area contributed by atoms with Crippen LogP contribution in [0.1, 0.15) is 5.56 Å². The van der Waals surface area contributed by atoms with Gasteiger partial charge in [0, 0.05) is 9.13 Å². The lowest BCUT2D eigenvalue weighted by atomic mass is 10.1. The molecule has 0 spiro atoms. The van der Waals surface area contributed by atoms with Crippen molar-refractivity contribution in [3.63, 3.8) is 0 Å². The maximum atomic E-state index is 14.1. The Balaban J connectivity index is 2.28. The molecule has 1 N–H and O–H groups in total. The third-order valence-corrected chi connectivity index (χ3v) is 3.59. The Morgan fingerprint density at radius 1 is 1.37 bits per heavy atom. The topological polar surface area (TPSA) is 65.4 Å². The van der Waals surface area contributed by atoms with Crippen molar-refractivity contribution in [2.45, 2.75) is 0 Å². The number of pyridine rings is 1. The number of nitrogens with zero attached hydrogens (tertiary/aromatic N) is 3. The monoisotopic (exact) mass is 364 g/mol. The Morgan fingerprint density at radius 2 is 2.21 bits per heavy atom. The van der Waals surface area contributed by atoms with Gasteiger partial charge in [-0.25, -0.2) is 14.4 Å². The maximum Gasteiger partial charge on any atom is 0.179 e. The highest BCUT2D eigenvalue weighted by Crippen LogP contribution is 2.27. The fourth-order valence-corrected chi connectivity index (χ4v) is 2.53. The lowest BCUT2D eigenvalue weighted by Crippen LogP contribution is -1.93. The van der Waals surface area contributed by atoms with Gasteiger partial charge in [0.25, 0.3) is 0 Å². The largest absolute Gasteiger partial charge is 0.342 e. The fourth-order valence-electron chi connectivity index (χ4n) is 1.84. The number of H-pyrrole nitrogens is 1. The zero-order valence-electron chi connectivity index (χ0n) is 9.48. The minimum atomic E-state index is -0.553. The number of fused-ring (bicyclic) bond motifs is 1. The third-order valence-electron chi connectivity index (χ3n) is 2.74. The molecule has 2 heterocycles. The van der Waals surface area contributed by atoms with Crippen molar-refractivity contribution < 1.29 is 4.39 Å². The molecule has 19 heavy (non-hydrogen) atoms. The summed E-state index contributed by atoms with van der Waals surface area (Å²) in [7, 11) is 0. The molecule has 0 radical (unpaired) electrons. The fraction of sp³-hybridized carbons (Fsp3) is 0. The van der Waals surface area contributed by atoms with Gasteiger partial charge in [-0.15, -0.1) is 0 Å². The lowest BCUT2D eigenvalue weighted by molar-refractivity contribution is 0.627. The molecular weight excluding hydrogens is 358 g/mol. The Morgan fingerprint density at radius 3 is 3.00 bits per heavy atom. The van der Waals surface area contributed by atoms with Crippen molar-refractivity contribution in [3.05, 3.63) is 45.5 Å². The Bertz CT molecular complexity index is 819. The number of hydrogen-bond donors (Lipinski definition) is 1. The van der Waals surface area contributed by atoms with E-state index in [0.717, 1.165) is 9.09 Å². The van der Waals surface area contributed by atoms with E-state index in [9.17, 15) is 4.39 Å². The normalized spacial score (nSPS) is 10.6. The van der Waals surface area contributed by atoms with Gasteiger partial charge in [-0.2, -0.15) is 5.26 Å². The van der Waals surface area contributed by atoms with Crippen molar-refractivity contribution in [1.29, 1.82) is 5.26 Å². The van der Waals surface area contributed by atoms with Crippen LogP contribution in [0, 0.1) is 20.7 Å². The standard InChI is InChI=1S/C13H6FIN4/c14-11-7(5-16)2-1-3-8(11)10-4-9(15)12-13(19-10)18-6-17-12/h1-4,6H,(H,17,18,19). The van der Waals surface area contributed by atoms with Crippen molar-refractivity contribution in [1.82, 2.24) is 15.0 Å². The van der Waals surface area contributed by atoms with E-state index in [4.69, 9.17) is 5.26 Å². The minimum Gasteiger partial charge on any atom is -0.342 e. The van der Waals surface area contributed by atoms with Crippen LogP contribution in [0.15, 0.2) is 30.6 Å². The van der Waals surface area contributed by atoms with Gasteiger partial charge in [0.1, 0.15) is 11.9 Å². The SMILES string of the molecule is N#Cc1cccc(-c2cc(I)c3[nH]cnc3n2)c1F. The molecule has 2 aromatic heterocycles. The van der Waals surface area contributed by atoms with Crippen LogP contribution in [0.3, 0.4) is 0 Å². The summed E-state index contributed by atoms with van der Waals surface area (Å²) in [6.45, 7) is 0. The number of nitrogens with one attached hydrogen (secondary N) is 1. The molecule has 3 rings (SSSR count). The van der Waals surface area contributed by atoms with Crippen molar-refractivity contribution in [2.75, 3.05) is 0 Å². The first-order chi connectivity index (χ1) is 9.20. The van der Waals surface area contributed by atoms with E-state index in [1.54, 1.807) is 24.5 Å². The third kappa shape index (κ3) is 1.96. The predicted molar refractivity (Wildman–Crippen MR) is 76.7 cm³/mol. The minimum absolute atomic E-state index is 0.0106. The first-order valence-electron chi connectivity index (χ1n) is 5.39. The van der Waals surface area contributed by atoms with Crippen LogP contribution in [0.4, 0.5) is 4.39 Å². The number of aromatic amines is 1. The molecule has 0 aliphatic rings. The molecule has 0 atom stereocenters. The number of rotatable bonds is 1. The molecule has 0 unspecified atom stereocenters. The maximum absolute atomic E-state index is 14.1. The summed E-state index contributed by atoms with van der Waals surface area (Å²) in [5.74, 6) is -0.553. The highest BCUT2D eigenvalue weighted by Gasteiger charge is 2.13. The van der Waals surface area contributed by atoms with Crippen molar-refractivity contribution in [3.8, 4) is 17.3 Å². The molecule has 6 heteroatoms. The molecule has 1 aromatic carbocycles. The number of hydrogen-bond acceptors (Lipinski definition) is 3. The zero-order chi connectivity index (χ0) is 13.4. The second kappa shape index (κ2) is 4.59. The van der Waals surface area contributed by atoms with Crippen LogP contribution < -0.4 is 0 Å². The van der Waals surface area contributed by atoms with E-state index in [2.05, 4.69) is 37.5 Å². The van der Waals surface area contributed by atoms with Gasteiger partial charge in [0.05, 0.1) is 23.1 Å². The van der Waals surface area contributed by atoms with Gasteiger partial charge in [0.15, 0.2) is 5.65 Å². The number of benzene rings is 1. The first kappa shape index (κ1) is 12.0. The van der Waals surface area contributed by atoms with E-state index in [-0.39, 0.29) is 5.56 Å². The second-order valence-electron chi connectivity index (χ2n) is 3.87. The summed E-state index contributed by atoms with van der Waals surface area (Å²) in [5, 5.41) is 8.85. The van der Waals surface area contributed by atoms with Gasteiger partial charge in [-0.1, -0.05) is 6.07 Å². The average Bonchev–Trinajstić information content (AvgIpc) is 2.88. The Labute approximate surface area is 121 Å². The van der Waals surface area contributed by atoms with E-state index in [1.807, 2.05) is 6.07 Å². The number of aromatic nitrogens is 3. The Hall–Kier alpha value is -2.01. The number of halogens is 2. The molecule has 0 aliphatic carbocycles. The molecule has 4 nitrogen and oxygen atoms in total. The smallest absolute Gasteiger partial charge is 0.179 e. The van der Waals surface area contributed by atoms with E-state index in [0.29, 0.717) is 16.9 Å². The van der Waals surface area contributed by atoms with Crippen LogP contribution in [0.25, 0.3) is 22.4 Å². The highest BCUT2D eigenvalue weighted by atomic mass is 127. The highest BCUT2D eigenvalue weighted by molar-refractivity contribution is 14.1. The van der Waals surface area contributed by atoms with Crippen LogP contribution in [0.5, 0.6) is 0 Å². The van der Waals surface area contributed by atoms with Gasteiger partial charge in [-0.05, 0) is 40.8 Å². The molecule has 0 saturated heterocycles. The molecule has 0 saturated carbocycles. The summed E-state index contributed by atoms with van der Waals surface area (Å²) in [4.78, 5) is 11.4. The molecular formula is C13H6FIN4. The van der Waals surface area contributed by atoms with Crippen LogP contribution in [0.2, 0.25) is 0 Å². The molecule has 3 aromatic rings. The summed E-state index contributed by atoms with van der Waals surface area (Å²) < 4.78 is 15.0. The van der Waals surface area contributed by atoms with Crippen LogP contribution >= 0.6 is 22.6 Å². The Kier molecular flexibility index (Phi) is 2.91. The molecule has 0 bridgehead atoms. The predicted octanol–water partition coefficient (Wildman–Crippen LogP) is 3.24. The van der Waals surface area contributed by atoms with Crippen LogP contribution in [-0.2, 0) is 0 Å². The molecule has 0 fully saturated rings. The molecule has 92 valence electrons. The summed E-state index contributed by atoms with van der Waals surface area (Å²) in [5.41, 5.74) is 2.14. The molecule has 0 aliphatic heterocycles. The van der Waals surface area contributed by atoms with E-state index < -0.39 is 5.82 Å². The van der Waals surface area contributed by atoms with Gasteiger partial charge < -0.3 is 4.98 Å².